The molecule has 1 aliphatic rings. The molecule has 0 N–H and O–H groups in total. The second-order valence-corrected chi connectivity index (χ2v) is 7.69. The van der Waals surface area contributed by atoms with Gasteiger partial charge in [0.25, 0.3) is 11.5 Å². The Morgan fingerprint density at radius 1 is 1.00 bits per heavy atom. The van der Waals surface area contributed by atoms with E-state index < -0.39 is 0 Å². The Balaban J connectivity index is 1.53. The molecule has 0 saturated carbocycles. The summed E-state index contributed by atoms with van der Waals surface area (Å²) in [4.78, 5) is 34.0. The van der Waals surface area contributed by atoms with Crippen molar-refractivity contribution in [3.8, 4) is 5.69 Å². The van der Waals surface area contributed by atoms with E-state index in [1.54, 1.807) is 29.4 Å². The molecule has 0 aliphatic carbocycles. The number of hydrogen-bond acceptors (Lipinski definition) is 6. The van der Waals surface area contributed by atoms with E-state index in [0.29, 0.717) is 18.8 Å². The molecule has 3 heterocycles. The lowest BCUT2D eigenvalue weighted by Gasteiger charge is -2.28. The van der Waals surface area contributed by atoms with Gasteiger partial charge >= 0.3 is 0 Å². The van der Waals surface area contributed by atoms with Crippen LogP contribution >= 0.6 is 0 Å². The molecule has 166 valence electrons. The van der Waals surface area contributed by atoms with E-state index in [-0.39, 0.29) is 17.2 Å². The van der Waals surface area contributed by atoms with Gasteiger partial charge in [-0.1, -0.05) is 18.2 Å². The van der Waals surface area contributed by atoms with Crippen molar-refractivity contribution in [2.24, 2.45) is 0 Å². The van der Waals surface area contributed by atoms with Crippen LogP contribution in [0.25, 0.3) is 5.69 Å². The average Bonchev–Trinajstić information content (AvgIpc) is 2.85. The molecule has 1 amide bonds. The predicted octanol–water partition coefficient (Wildman–Crippen LogP) is 1.99. The van der Waals surface area contributed by atoms with Crippen LogP contribution in [0.3, 0.4) is 0 Å². The molecule has 4 rings (SSSR count). The lowest BCUT2D eigenvalue weighted by Crippen LogP contribution is -2.39. The summed E-state index contributed by atoms with van der Waals surface area (Å²) < 4.78 is 6.68. The monoisotopic (exact) mass is 433 g/mol. The fraction of sp³-hybridized carbons (Fsp3) is 0.333. The third kappa shape index (κ3) is 5.66. The van der Waals surface area contributed by atoms with Crippen molar-refractivity contribution in [1.29, 1.82) is 0 Å². The van der Waals surface area contributed by atoms with Gasteiger partial charge in [0.2, 0.25) is 0 Å². The molecule has 1 fully saturated rings. The maximum absolute atomic E-state index is 13.4. The number of nitrogens with zero attached hydrogens (tertiary/aromatic N) is 5. The SMILES string of the molecule is O=C(c1ccc(=O)n(-c2ccccc2)n1)N(CCCN1CCOCC1)Cc1ccncc1. The Labute approximate surface area is 187 Å². The van der Waals surface area contributed by atoms with Gasteiger partial charge in [0.1, 0.15) is 5.69 Å². The zero-order valence-electron chi connectivity index (χ0n) is 18.0. The van der Waals surface area contributed by atoms with Gasteiger partial charge in [-0.15, -0.1) is 0 Å². The summed E-state index contributed by atoms with van der Waals surface area (Å²) in [6.45, 7) is 5.29. The quantitative estimate of drug-likeness (QED) is 0.541. The number of carbonyl (C=O) groups excluding carboxylic acids is 1. The van der Waals surface area contributed by atoms with E-state index >= 15 is 0 Å². The molecule has 0 bridgehead atoms. The molecule has 32 heavy (non-hydrogen) atoms. The first kappa shape index (κ1) is 21.9. The lowest BCUT2D eigenvalue weighted by atomic mass is 10.2. The second kappa shape index (κ2) is 10.8. The fourth-order valence-corrected chi connectivity index (χ4v) is 3.71. The standard InChI is InChI=1S/C24H27N5O3/c30-23-8-7-22(26-29(23)21-5-2-1-3-6-21)24(31)28(19-20-9-11-25-12-10-20)14-4-13-27-15-17-32-18-16-27/h1-3,5-12H,4,13-19H2. The van der Waals surface area contributed by atoms with Gasteiger partial charge in [0, 0.05) is 51.2 Å². The van der Waals surface area contributed by atoms with Crippen LogP contribution in [0.2, 0.25) is 0 Å². The number of para-hydroxylation sites is 1. The summed E-state index contributed by atoms with van der Waals surface area (Å²) in [5.74, 6) is -0.200. The highest BCUT2D eigenvalue weighted by Gasteiger charge is 2.20. The summed E-state index contributed by atoms with van der Waals surface area (Å²) in [6.07, 6.45) is 4.29. The summed E-state index contributed by atoms with van der Waals surface area (Å²) in [5, 5.41) is 4.38. The van der Waals surface area contributed by atoms with Crippen LogP contribution in [0.1, 0.15) is 22.5 Å². The molecule has 8 nitrogen and oxygen atoms in total. The number of amides is 1. The van der Waals surface area contributed by atoms with Crippen LogP contribution in [0.4, 0.5) is 0 Å². The van der Waals surface area contributed by atoms with Crippen molar-refractivity contribution in [3.63, 3.8) is 0 Å². The maximum atomic E-state index is 13.4. The molecule has 0 radical (unpaired) electrons. The van der Waals surface area contributed by atoms with Crippen LogP contribution in [-0.4, -0.2) is 69.9 Å². The lowest BCUT2D eigenvalue weighted by molar-refractivity contribution is 0.0355. The summed E-state index contributed by atoms with van der Waals surface area (Å²) in [7, 11) is 0. The fourth-order valence-electron chi connectivity index (χ4n) is 3.71. The highest BCUT2D eigenvalue weighted by molar-refractivity contribution is 5.92. The Bertz CT molecular complexity index is 1070. The highest BCUT2D eigenvalue weighted by atomic mass is 16.5. The van der Waals surface area contributed by atoms with Gasteiger partial charge < -0.3 is 9.64 Å². The molecule has 1 aliphatic heterocycles. The van der Waals surface area contributed by atoms with Gasteiger partial charge in [-0.05, 0) is 42.3 Å². The van der Waals surface area contributed by atoms with Crippen LogP contribution in [-0.2, 0) is 11.3 Å². The Morgan fingerprint density at radius 3 is 2.50 bits per heavy atom. The summed E-state index contributed by atoms with van der Waals surface area (Å²) >= 11 is 0. The molecule has 1 aromatic carbocycles. The summed E-state index contributed by atoms with van der Waals surface area (Å²) in [6, 6.07) is 15.8. The zero-order chi connectivity index (χ0) is 22.2. The molecule has 8 heteroatoms. The topological polar surface area (TPSA) is 80.6 Å². The number of carbonyl (C=O) groups is 1. The van der Waals surface area contributed by atoms with E-state index in [1.807, 2.05) is 30.3 Å². The largest absolute Gasteiger partial charge is 0.379 e. The van der Waals surface area contributed by atoms with Crippen molar-refractivity contribution < 1.29 is 9.53 Å². The van der Waals surface area contributed by atoms with E-state index in [4.69, 9.17) is 4.74 Å². The van der Waals surface area contributed by atoms with Gasteiger partial charge in [0.05, 0.1) is 18.9 Å². The predicted molar refractivity (Wildman–Crippen MR) is 121 cm³/mol. The van der Waals surface area contributed by atoms with Crippen molar-refractivity contribution in [2.45, 2.75) is 13.0 Å². The van der Waals surface area contributed by atoms with Crippen molar-refractivity contribution >= 4 is 5.91 Å². The Morgan fingerprint density at radius 2 is 1.75 bits per heavy atom. The molecule has 1 saturated heterocycles. The molecular weight excluding hydrogens is 406 g/mol. The van der Waals surface area contributed by atoms with Crippen LogP contribution in [0.5, 0.6) is 0 Å². The van der Waals surface area contributed by atoms with E-state index in [9.17, 15) is 9.59 Å². The zero-order valence-corrected chi connectivity index (χ0v) is 18.0. The van der Waals surface area contributed by atoms with Crippen molar-refractivity contribution in [3.05, 3.63) is 88.6 Å². The number of pyridine rings is 1. The first-order chi connectivity index (χ1) is 15.7. The minimum Gasteiger partial charge on any atom is -0.379 e. The Kier molecular flexibility index (Phi) is 7.37. The molecule has 0 atom stereocenters. The number of morpholine rings is 1. The van der Waals surface area contributed by atoms with Gasteiger partial charge in [-0.3, -0.25) is 19.5 Å². The third-order valence-electron chi connectivity index (χ3n) is 5.44. The smallest absolute Gasteiger partial charge is 0.274 e. The van der Waals surface area contributed by atoms with Gasteiger partial charge in [0.15, 0.2) is 0 Å². The molecule has 0 spiro atoms. The first-order valence-electron chi connectivity index (χ1n) is 10.8. The number of ether oxygens (including phenoxy) is 1. The van der Waals surface area contributed by atoms with Crippen molar-refractivity contribution in [1.82, 2.24) is 24.6 Å². The maximum Gasteiger partial charge on any atom is 0.274 e. The molecular formula is C24H27N5O3. The van der Waals surface area contributed by atoms with Gasteiger partial charge in [-0.2, -0.15) is 9.78 Å². The number of benzene rings is 1. The second-order valence-electron chi connectivity index (χ2n) is 7.69. The first-order valence-corrected chi connectivity index (χ1v) is 10.8. The normalized spacial score (nSPS) is 14.2. The van der Waals surface area contributed by atoms with E-state index in [1.165, 1.54) is 16.8 Å². The number of aromatic nitrogens is 3. The minimum absolute atomic E-state index is 0.200. The summed E-state index contributed by atoms with van der Waals surface area (Å²) in [5.41, 5.74) is 1.59. The van der Waals surface area contributed by atoms with Gasteiger partial charge in [-0.25, -0.2) is 0 Å². The third-order valence-corrected chi connectivity index (χ3v) is 5.44. The van der Waals surface area contributed by atoms with Crippen LogP contribution in [0.15, 0.2) is 71.8 Å². The number of rotatable bonds is 8. The average molecular weight is 434 g/mol. The molecule has 3 aromatic rings. The van der Waals surface area contributed by atoms with E-state index in [2.05, 4.69) is 15.0 Å². The highest BCUT2D eigenvalue weighted by Crippen LogP contribution is 2.11. The van der Waals surface area contributed by atoms with Crippen LogP contribution < -0.4 is 5.56 Å². The van der Waals surface area contributed by atoms with E-state index in [0.717, 1.165) is 44.8 Å². The molecule has 0 unspecified atom stereocenters. The minimum atomic E-state index is -0.277. The van der Waals surface area contributed by atoms with Crippen molar-refractivity contribution in [2.75, 3.05) is 39.4 Å². The molecule has 2 aromatic heterocycles. The van der Waals surface area contributed by atoms with Crippen LogP contribution in [0, 0.1) is 0 Å². The Hall–Kier alpha value is -3.36. The number of hydrogen-bond donors (Lipinski definition) is 0.